The third-order valence-electron chi connectivity index (χ3n) is 6.28. The van der Waals surface area contributed by atoms with E-state index >= 15 is 0 Å². The van der Waals surface area contributed by atoms with Gasteiger partial charge in [-0.15, -0.1) is 5.10 Å². The standard InChI is InChI=1S/C26H30N6O4/c1-5-14-30-24(35)20-13-12-18(23(34)27-17(3)6-2)15-21(20)32-25(30)28-31(26(32)36)16-22(33)29(4)19-10-8-7-9-11-19/h7-13,15,17H,5-6,14,16H2,1-4H3,(H,27,34). The molecule has 0 aliphatic rings. The van der Waals surface area contributed by atoms with Crippen LogP contribution in [-0.4, -0.2) is 43.7 Å². The van der Waals surface area contributed by atoms with E-state index in [-0.39, 0.29) is 41.3 Å². The zero-order valence-corrected chi connectivity index (χ0v) is 20.9. The number of aryl methyl sites for hydroxylation is 1. The van der Waals surface area contributed by atoms with Gasteiger partial charge >= 0.3 is 5.69 Å². The molecule has 0 saturated carbocycles. The van der Waals surface area contributed by atoms with E-state index in [1.165, 1.54) is 19.9 Å². The first kappa shape index (κ1) is 24.9. The van der Waals surface area contributed by atoms with E-state index < -0.39 is 5.69 Å². The molecule has 10 heteroatoms. The Morgan fingerprint density at radius 2 is 1.81 bits per heavy atom. The average molecular weight is 491 g/mol. The fraction of sp³-hybridized carbons (Fsp3) is 0.346. The molecular weight excluding hydrogens is 460 g/mol. The fourth-order valence-electron chi connectivity index (χ4n) is 4.02. The van der Waals surface area contributed by atoms with Crippen molar-refractivity contribution in [3.63, 3.8) is 0 Å². The number of fused-ring (bicyclic) bond motifs is 3. The van der Waals surface area contributed by atoms with Crippen molar-refractivity contribution in [2.24, 2.45) is 0 Å². The van der Waals surface area contributed by atoms with Crippen LogP contribution in [0.2, 0.25) is 0 Å². The molecule has 0 radical (unpaired) electrons. The van der Waals surface area contributed by atoms with Gasteiger partial charge in [0.25, 0.3) is 11.5 Å². The molecule has 1 unspecified atom stereocenters. The number of anilines is 1. The largest absolute Gasteiger partial charge is 0.352 e. The lowest BCUT2D eigenvalue weighted by molar-refractivity contribution is -0.119. The lowest BCUT2D eigenvalue weighted by Crippen LogP contribution is -2.34. The molecule has 0 saturated heterocycles. The van der Waals surface area contributed by atoms with Crippen LogP contribution < -0.4 is 21.5 Å². The zero-order valence-electron chi connectivity index (χ0n) is 20.9. The van der Waals surface area contributed by atoms with Crippen LogP contribution in [0.25, 0.3) is 16.7 Å². The Kier molecular flexibility index (Phi) is 7.05. The molecule has 1 N–H and O–H groups in total. The Hall–Kier alpha value is -4.21. The van der Waals surface area contributed by atoms with Crippen molar-refractivity contribution in [3.8, 4) is 0 Å². The Morgan fingerprint density at radius 3 is 2.47 bits per heavy atom. The molecule has 2 aromatic heterocycles. The Bertz CT molecular complexity index is 1550. The van der Waals surface area contributed by atoms with E-state index in [9.17, 15) is 19.2 Å². The summed E-state index contributed by atoms with van der Waals surface area (Å²) in [4.78, 5) is 53.9. The number of hydrogen-bond donors (Lipinski definition) is 1. The second-order valence-corrected chi connectivity index (χ2v) is 8.84. The summed E-state index contributed by atoms with van der Waals surface area (Å²) in [6.45, 7) is 5.84. The van der Waals surface area contributed by atoms with Gasteiger partial charge in [-0.05, 0) is 50.1 Å². The van der Waals surface area contributed by atoms with Crippen LogP contribution in [0.15, 0.2) is 58.1 Å². The molecule has 2 amide bonds. The number of amides is 2. The summed E-state index contributed by atoms with van der Waals surface area (Å²) < 4.78 is 3.81. The summed E-state index contributed by atoms with van der Waals surface area (Å²) >= 11 is 0. The molecule has 10 nitrogen and oxygen atoms in total. The first-order valence-corrected chi connectivity index (χ1v) is 12.0. The van der Waals surface area contributed by atoms with Gasteiger partial charge in [0.15, 0.2) is 0 Å². The van der Waals surface area contributed by atoms with Crippen LogP contribution in [0.5, 0.6) is 0 Å². The van der Waals surface area contributed by atoms with E-state index in [0.717, 1.165) is 11.1 Å². The molecule has 0 bridgehead atoms. The maximum Gasteiger partial charge on any atom is 0.352 e. The minimum atomic E-state index is -0.561. The number of carbonyl (C=O) groups excluding carboxylic acids is 2. The molecule has 4 aromatic rings. The predicted molar refractivity (Wildman–Crippen MR) is 139 cm³/mol. The number of benzene rings is 2. The van der Waals surface area contributed by atoms with Crippen LogP contribution in [0.1, 0.15) is 44.0 Å². The van der Waals surface area contributed by atoms with E-state index in [1.807, 2.05) is 39.0 Å². The first-order valence-electron chi connectivity index (χ1n) is 12.0. The highest BCUT2D eigenvalue weighted by atomic mass is 16.2. The van der Waals surface area contributed by atoms with Crippen molar-refractivity contribution < 1.29 is 9.59 Å². The number of nitrogens with one attached hydrogen (secondary N) is 1. The molecule has 0 aliphatic heterocycles. The summed E-state index contributed by atoms with van der Waals surface area (Å²) in [6.07, 6.45) is 1.41. The molecule has 0 fully saturated rings. The van der Waals surface area contributed by atoms with Crippen molar-refractivity contribution in [2.75, 3.05) is 11.9 Å². The molecule has 4 rings (SSSR count). The van der Waals surface area contributed by atoms with Gasteiger partial charge in [0.1, 0.15) is 6.54 Å². The van der Waals surface area contributed by atoms with Crippen molar-refractivity contribution in [1.29, 1.82) is 0 Å². The van der Waals surface area contributed by atoms with Crippen LogP contribution in [0, 0.1) is 0 Å². The van der Waals surface area contributed by atoms with Crippen molar-refractivity contribution in [3.05, 3.63) is 74.9 Å². The van der Waals surface area contributed by atoms with Crippen LogP contribution in [0.3, 0.4) is 0 Å². The van der Waals surface area contributed by atoms with Crippen molar-refractivity contribution in [1.82, 2.24) is 24.1 Å². The lowest BCUT2D eigenvalue weighted by atomic mass is 10.1. The van der Waals surface area contributed by atoms with Crippen LogP contribution in [0.4, 0.5) is 5.69 Å². The van der Waals surface area contributed by atoms with E-state index in [4.69, 9.17) is 0 Å². The Labute approximate surface area is 207 Å². The molecule has 0 aliphatic carbocycles. The predicted octanol–water partition coefficient (Wildman–Crippen LogP) is 2.41. The molecular formula is C26H30N6O4. The summed E-state index contributed by atoms with van der Waals surface area (Å²) in [6, 6.07) is 13.7. The minimum absolute atomic E-state index is 0.0242. The first-order chi connectivity index (χ1) is 17.3. The molecule has 36 heavy (non-hydrogen) atoms. The second-order valence-electron chi connectivity index (χ2n) is 8.84. The maximum absolute atomic E-state index is 13.5. The van der Waals surface area contributed by atoms with Crippen LogP contribution in [-0.2, 0) is 17.9 Å². The van der Waals surface area contributed by atoms with E-state index in [1.54, 1.807) is 31.3 Å². The number of hydrogen-bond acceptors (Lipinski definition) is 5. The minimum Gasteiger partial charge on any atom is -0.350 e. The normalized spacial score (nSPS) is 12.1. The molecule has 0 spiro atoms. The highest BCUT2D eigenvalue weighted by Gasteiger charge is 2.21. The maximum atomic E-state index is 13.5. The van der Waals surface area contributed by atoms with E-state index in [2.05, 4.69) is 10.4 Å². The third kappa shape index (κ3) is 4.53. The lowest BCUT2D eigenvalue weighted by Gasteiger charge is -2.16. The van der Waals surface area contributed by atoms with Gasteiger partial charge in [-0.25, -0.2) is 13.9 Å². The van der Waals surface area contributed by atoms with Crippen LogP contribution >= 0.6 is 0 Å². The summed E-state index contributed by atoms with van der Waals surface area (Å²) in [5.74, 6) is -0.500. The van der Waals surface area contributed by atoms with Gasteiger partial charge in [0, 0.05) is 30.9 Å². The Balaban J connectivity index is 1.85. The fourth-order valence-corrected chi connectivity index (χ4v) is 4.02. The smallest absolute Gasteiger partial charge is 0.350 e. The highest BCUT2D eigenvalue weighted by molar-refractivity contribution is 5.98. The average Bonchev–Trinajstić information content (AvgIpc) is 3.21. The zero-order chi connectivity index (χ0) is 26.0. The quantitative estimate of drug-likeness (QED) is 0.408. The highest BCUT2D eigenvalue weighted by Crippen LogP contribution is 2.16. The number of nitrogens with zero attached hydrogens (tertiary/aromatic N) is 5. The van der Waals surface area contributed by atoms with E-state index in [0.29, 0.717) is 29.6 Å². The molecule has 188 valence electrons. The summed E-state index contributed by atoms with van der Waals surface area (Å²) in [7, 11) is 1.63. The number of aromatic nitrogens is 4. The van der Waals surface area contributed by atoms with Gasteiger partial charge in [-0.3, -0.25) is 19.0 Å². The SMILES string of the molecule is CCCn1c(=O)c2ccc(C(=O)NC(C)CC)cc2n2c(=O)n(CC(=O)N(C)c3ccccc3)nc12. The van der Waals surface area contributed by atoms with Gasteiger partial charge < -0.3 is 10.2 Å². The molecule has 1 atom stereocenters. The Morgan fingerprint density at radius 1 is 1.08 bits per heavy atom. The number of rotatable bonds is 8. The topological polar surface area (TPSA) is 111 Å². The molecule has 2 aromatic carbocycles. The molecule has 2 heterocycles. The third-order valence-corrected chi connectivity index (χ3v) is 6.28. The monoisotopic (exact) mass is 490 g/mol. The number of likely N-dealkylation sites (N-methyl/N-ethyl adjacent to an activating group) is 1. The van der Waals surface area contributed by atoms with Gasteiger partial charge in [0.05, 0.1) is 10.9 Å². The van der Waals surface area contributed by atoms with Gasteiger partial charge in [-0.1, -0.05) is 32.0 Å². The van der Waals surface area contributed by atoms with Crippen molar-refractivity contribution in [2.45, 2.75) is 52.7 Å². The van der Waals surface area contributed by atoms with Crippen molar-refractivity contribution >= 4 is 34.2 Å². The summed E-state index contributed by atoms with van der Waals surface area (Å²) in [5.41, 5.74) is 0.424. The second kappa shape index (κ2) is 10.2. The van der Waals surface area contributed by atoms with Gasteiger partial charge in [-0.2, -0.15) is 0 Å². The van der Waals surface area contributed by atoms with Gasteiger partial charge in [0.2, 0.25) is 11.7 Å². The number of para-hydroxylation sites is 1. The number of carbonyl (C=O) groups is 2. The summed E-state index contributed by atoms with van der Waals surface area (Å²) in [5, 5.41) is 7.57.